The molecule has 13 heteroatoms. The molecule has 0 aliphatic heterocycles. The first-order valence-electron chi connectivity index (χ1n) is 12.2. The van der Waals surface area contributed by atoms with Crippen molar-refractivity contribution in [3.8, 4) is 17.2 Å². The van der Waals surface area contributed by atoms with Crippen LogP contribution in [0.25, 0.3) is 5.69 Å². The van der Waals surface area contributed by atoms with Crippen LogP contribution in [0.5, 0.6) is 11.5 Å². The number of furan rings is 1. The van der Waals surface area contributed by atoms with Crippen molar-refractivity contribution in [3.63, 3.8) is 0 Å². The van der Waals surface area contributed by atoms with Gasteiger partial charge in [-0.3, -0.25) is 14.9 Å². The quantitative estimate of drug-likeness (QED) is 0.135. The predicted molar refractivity (Wildman–Crippen MR) is 149 cm³/mol. The number of benzene rings is 2. The molecular weight excluding hydrogens is 556 g/mol. The number of hydrazone groups is 1. The number of nitrogens with one attached hydrogen (secondary N) is 1. The number of carboxylic acid groups (broad SMARTS) is 1. The lowest BCUT2D eigenvalue weighted by Gasteiger charge is -2.12. The molecule has 0 saturated heterocycles. The summed E-state index contributed by atoms with van der Waals surface area (Å²) < 4.78 is 18.6. The van der Waals surface area contributed by atoms with Crippen molar-refractivity contribution in [2.45, 2.75) is 33.5 Å². The third-order valence-electron chi connectivity index (χ3n) is 5.90. The van der Waals surface area contributed by atoms with E-state index in [2.05, 4.69) is 27.2 Å². The number of carbonyl (C=O) groups is 2. The van der Waals surface area contributed by atoms with Crippen LogP contribution in [-0.4, -0.2) is 38.8 Å². The highest BCUT2D eigenvalue weighted by Gasteiger charge is 2.24. The monoisotopic (exact) mass is 580 g/mol. The fourth-order valence-electron chi connectivity index (χ4n) is 3.87. The van der Waals surface area contributed by atoms with E-state index in [9.17, 15) is 19.7 Å². The Bertz CT molecular complexity index is 1600. The first-order chi connectivity index (χ1) is 19.5. The topological polar surface area (TPSA) is 158 Å². The molecule has 2 aromatic carbocycles. The molecule has 4 aromatic rings. The maximum Gasteiger partial charge on any atom is 0.344 e. The zero-order chi connectivity index (χ0) is 29.7. The highest BCUT2D eigenvalue weighted by atomic mass is 35.5. The van der Waals surface area contributed by atoms with E-state index in [-0.39, 0.29) is 28.7 Å². The zero-order valence-electron chi connectivity index (χ0n) is 22.2. The average Bonchev–Trinajstić information content (AvgIpc) is 3.54. The van der Waals surface area contributed by atoms with Crippen molar-refractivity contribution < 1.29 is 33.5 Å². The van der Waals surface area contributed by atoms with E-state index >= 15 is 0 Å². The van der Waals surface area contributed by atoms with Crippen molar-refractivity contribution in [3.05, 3.63) is 104 Å². The van der Waals surface area contributed by atoms with E-state index < -0.39 is 28.6 Å². The Hall–Kier alpha value is -5.10. The summed E-state index contributed by atoms with van der Waals surface area (Å²) in [6.45, 7) is 5.38. The molecule has 2 N–H and O–H groups in total. The average molecular weight is 581 g/mol. The van der Waals surface area contributed by atoms with Gasteiger partial charge in [0.2, 0.25) is 5.75 Å². The molecule has 0 unspecified atom stereocenters. The number of halogens is 1. The third kappa shape index (κ3) is 6.92. The molecular formula is C28H25ClN4O8. The van der Waals surface area contributed by atoms with E-state index in [1.165, 1.54) is 19.1 Å². The Morgan fingerprint density at radius 1 is 1.15 bits per heavy atom. The first kappa shape index (κ1) is 28.9. The molecule has 212 valence electrons. The number of nitro benzene ring substituents is 1. The van der Waals surface area contributed by atoms with Gasteiger partial charge in [-0.05, 0) is 75.4 Å². The Kier molecular flexibility index (Phi) is 8.73. The Labute approximate surface area is 238 Å². The number of aryl methyl sites for hydroxylation is 2. The Morgan fingerprint density at radius 3 is 2.46 bits per heavy atom. The number of ether oxygens (including phenoxy) is 2. The van der Waals surface area contributed by atoms with Crippen LogP contribution < -0.4 is 14.9 Å². The van der Waals surface area contributed by atoms with Gasteiger partial charge in [-0.1, -0.05) is 11.6 Å². The largest absolute Gasteiger partial charge is 0.486 e. The van der Waals surface area contributed by atoms with E-state index in [4.69, 9.17) is 30.6 Å². The summed E-state index contributed by atoms with van der Waals surface area (Å²) in [7, 11) is 0. The number of aliphatic carboxylic acids is 1. The van der Waals surface area contributed by atoms with Crippen LogP contribution in [-0.2, 0) is 11.4 Å². The number of amides is 1. The van der Waals surface area contributed by atoms with E-state index in [0.717, 1.165) is 29.4 Å². The second-order valence-electron chi connectivity index (χ2n) is 8.91. The minimum absolute atomic E-state index is 0.0231. The zero-order valence-corrected chi connectivity index (χ0v) is 22.9. The van der Waals surface area contributed by atoms with Gasteiger partial charge in [0.1, 0.15) is 18.1 Å². The fourth-order valence-corrected chi connectivity index (χ4v) is 4.14. The SMILES string of the molecule is Cc1ccc(C)n1-c1ccc(OCc2ccc(C(=O)N/N=C/c3cc(Cl)c(O[C@@H](C)C(=O)O)c([N+](=O)[O-])c3)o2)cc1. The van der Waals surface area contributed by atoms with Crippen LogP contribution in [0.2, 0.25) is 5.02 Å². The van der Waals surface area contributed by atoms with E-state index in [1.807, 2.05) is 38.1 Å². The molecule has 4 rings (SSSR count). The Balaban J connectivity index is 1.35. The molecule has 2 aromatic heterocycles. The Morgan fingerprint density at radius 2 is 1.83 bits per heavy atom. The number of rotatable bonds is 11. The number of nitro groups is 1. The van der Waals surface area contributed by atoms with E-state index in [1.54, 1.807) is 6.07 Å². The number of nitrogens with zero attached hydrogens (tertiary/aromatic N) is 3. The smallest absolute Gasteiger partial charge is 0.344 e. The predicted octanol–water partition coefficient (Wildman–Crippen LogP) is 5.44. The van der Waals surface area contributed by atoms with Crippen molar-refractivity contribution in [2.75, 3.05) is 0 Å². The van der Waals surface area contributed by atoms with E-state index in [0.29, 0.717) is 11.5 Å². The molecule has 1 amide bonds. The van der Waals surface area contributed by atoms with Gasteiger partial charge in [0.15, 0.2) is 11.9 Å². The minimum atomic E-state index is -1.36. The molecule has 2 heterocycles. The van der Waals surface area contributed by atoms with Crippen LogP contribution in [0, 0.1) is 24.0 Å². The number of hydrogen-bond acceptors (Lipinski definition) is 8. The fraction of sp³-hybridized carbons (Fsp3) is 0.179. The van der Waals surface area contributed by atoms with Gasteiger partial charge in [-0.15, -0.1) is 0 Å². The second kappa shape index (κ2) is 12.4. The molecule has 0 radical (unpaired) electrons. The number of hydrogen-bond donors (Lipinski definition) is 2. The lowest BCUT2D eigenvalue weighted by atomic mass is 10.2. The summed E-state index contributed by atoms with van der Waals surface area (Å²) in [5, 5.41) is 24.1. The van der Waals surface area contributed by atoms with Gasteiger partial charge in [0, 0.05) is 28.7 Å². The molecule has 0 aliphatic carbocycles. The highest BCUT2D eigenvalue weighted by molar-refractivity contribution is 6.32. The van der Waals surface area contributed by atoms with Gasteiger partial charge in [0.25, 0.3) is 0 Å². The highest BCUT2D eigenvalue weighted by Crippen LogP contribution is 2.36. The normalized spacial score (nSPS) is 11.8. The molecule has 0 fully saturated rings. The van der Waals surface area contributed by atoms with Crippen molar-refractivity contribution >= 4 is 35.4 Å². The van der Waals surface area contributed by atoms with Gasteiger partial charge >= 0.3 is 17.6 Å². The number of carbonyl (C=O) groups excluding carboxylic acids is 1. The molecule has 0 bridgehead atoms. The van der Waals surface area contributed by atoms with Crippen LogP contribution in [0.4, 0.5) is 5.69 Å². The molecule has 0 spiro atoms. The van der Waals surface area contributed by atoms with Crippen LogP contribution in [0.1, 0.15) is 40.2 Å². The third-order valence-corrected chi connectivity index (χ3v) is 6.18. The van der Waals surface area contributed by atoms with Gasteiger partial charge < -0.3 is 23.6 Å². The van der Waals surface area contributed by atoms with Crippen LogP contribution in [0.3, 0.4) is 0 Å². The molecule has 0 aliphatic rings. The summed E-state index contributed by atoms with van der Waals surface area (Å²) in [4.78, 5) is 34.2. The standard InChI is InChI=1S/C28H25ClN4O8/c1-16-4-5-17(2)32(16)20-6-8-21(9-7-20)39-15-22-10-11-25(41-22)27(34)31-30-14-19-12-23(29)26(24(13-19)33(37)38)40-18(3)28(35)36/h4-14,18H,15H2,1-3H3,(H,31,34)(H,35,36)/b30-14+/t18-/m0/s1. The molecule has 0 saturated carbocycles. The van der Waals surface area contributed by atoms with Crippen molar-refractivity contribution in [1.29, 1.82) is 0 Å². The summed E-state index contributed by atoms with van der Waals surface area (Å²) in [5.41, 5.74) is 5.15. The van der Waals surface area contributed by atoms with Gasteiger partial charge in [0.05, 0.1) is 16.2 Å². The minimum Gasteiger partial charge on any atom is -0.486 e. The first-order valence-corrected chi connectivity index (χ1v) is 12.6. The van der Waals surface area contributed by atoms with Crippen molar-refractivity contribution in [2.24, 2.45) is 5.10 Å². The lowest BCUT2D eigenvalue weighted by Crippen LogP contribution is -2.23. The van der Waals surface area contributed by atoms with Gasteiger partial charge in [-0.2, -0.15) is 5.10 Å². The summed E-state index contributed by atoms with van der Waals surface area (Å²) >= 11 is 6.09. The maximum atomic E-state index is 12.4. The van der Waals surface area contributed by atoms with Crippen LogP contribution >= 0.6 is 11.6 Å². The lowest BCUT2D eigenvalue weighted by molar-refractivity contribution is -0.386. The molecule has 41 heavy (non-hydrogen) atoms. The van der Waals surface area contributed by atoms with Crippen LogP contribution in [0.15, 0.2) is 70.2 Å². The van der Waals surface area contributed by atoms with Gasteiger partial charge in [-0.25, -0.2) is 10.2 Å². The molecule has 12 nitrogen and oxygen atoms in total. The van der Waals surface area contributed by atoms with Crippen molar-refractivity contribution in [1.82, 2.24) is 9.99 Å². The molecule has 1 atom stereocenters. The number of carboxylic acids is 1. The summed E-state index contributed by atoms with van der Waals surface area (Å²) in [6.07, 6.45) is -0.230. The second-order valence-corrected chi connectivity index (χ2v) is 9.31. The summed E-state index contributed by atoms with van der Waals surface area (Å²) in [5.74, 6) is -1.35. The number of aromatic nitrogens is 1. The summed E-state index contributed by atoms with van der Waals surface area (Å²) in [6, 6.07) is 17.1. The maximum absolute atomic E-state index is 12.4.